The van der Waals surface area contributed by atoms with Gasteiger partial charge in [0.1, 0.15) is 6.61 Å². The fourth-order valence-corrected chi connectivity index (χ4v) is 7.27. The largest absolute Gasteiger partial charge is 0.474 e. The summed E-state index contributed by atoms with van der Waals surface area (Å²) in [6, 6.07) is 0. The zero-order valence-corrected chi connectivity index (χ0v) is 37.3. The van der Waals surface area contributed by atoms with Crippen LogP contribution >= 0.6 is 7.82 Å². The number of phosphoric ester groups is 1. The molecule has 0 spiro atoms. The second kappa shape index (κ2) is 40.7. The van der Waals surface area contributed by atoms with Crippen LogP contribution in [0.15, 0.2) is 24.3 Å². The standard InChI is InChI=1S/C45H86NO8P/c1-6-9-11-13-15-17-19-21-23-25-27-29-31-33-35-37-44(47)50-41-43(42-53-55(49,51-8-3)52-40-39-46(4)5)54-45(48)38-36-34-32-30-28-26-24-22-20-18-16-14-12-10-7-2/h21-24,43H,6-20,25-42H2,1-5H3/b23-21-,24-22-. The number of unbranched alkanes of at least 4 members (excludes halogenated alkanes) is 22. The molecule has 0 N–H and O–H groups in total. The van der Waals surface area contributed by atoms with Gasteiger partial charge in [-0.25, -0.2) is 4.57 Å². The molecule has 0 saturated heterocycles. The van der Waals surface area contributed by atoms with E-state index in [0.717, 1.165) is 70.6 Å². The summed E-state index contributed by atoms with van der Waals surface area (Å²) in [7, 11) is -0.124. The maximum atomic E-state index is 13.2. The molecule has 0 aromatic carbocycles. The van der Waals surface area contributed by atoms with Gasteiger partial charge in [-0.1, -0.05) is 141 Å². The van der Waals surface area contributed by atoms with Gasteiger partial charge in [0.25, 0.3) is 0 Å². The van der Waals surface area contributed by atoms with Crippen molar-refractivity contribution < 1.29 is 37.2 Å². The predicted molar refractivity (Wildman–Crippen MR) is 229 cm³/mol. The highest BCUT2D eigenvalue weighted by atomic mass is 31.2. The Balaban J connectivity index is 4.50. The molecular weight excluding hydrogens is 713 g/mol. The Morgan fingerprint density at radius 1 is 0.527 bits per heavy atom. The summed E-state index contributed by atoms with van der Waals surface area (Å²) < 4.78 is 40.7. The third kappa shape index (κ3) is 39.1. The molecule has 0 aliphatic rings. The normalized spacial score (nSPS) is 13.6. The summed E-state index contributed by atoms with van der Waals surface area (Å²) in [5.41, 5.74) is 0. The van der Waals surface area contributed by atoms with Crippen molar-refractivity contribution in [1.29, 1.82) is 0 Å². The number of carbonyl (C=O) groups excluding carboxylic acids is 2. The number of esters is 2. The highest BCUT2D eigenvalue weighted by molar-refractivity contribution is 7.48. The first kappa shape index (κ1) is 53.5. The highest BCUT2D eigenvalue weighted by Gasteiger charge is 2.29. The van der Waals surface area contributed by atoms with E-state index in [1.807, 2.05) is 19.0 Å². The number of phosphoric acid groups is 1. The van der Waals surface area contributed by atoms with Crippen LogP contribution in [0.2, 0.25) is 0 Å². The molecule has 2 atom stereocenters. The topological polar surface area (TPSA) is 101 Å². The van der Waals surface area contributed by atoms with Crippen LogP contribution in [0.25, 0.3) is 0 Å². The third-order valence-electron chi connectivity index (χ3n) is 9.51. The van der Waals surface area contributed by atoms with Gasteiger partial charge in [0.15, 0.2) is 6.10 Å². The predicted octanol–water partition coefficient (Wildman–Crippen LogP) is 13.3. The van der Waals surface area contributed by atoms with Crippen molar-refractivity contribution >= 4 is 19.8 Å². The van der Waals surface area contributed by atoms with Gasteiger partial charge in [-0.15, -0.1) is 0 Å². The lowest BCUT2D eigenvalue weighted by atomic mass is 10.1. The van der Waals surface area contributed by atoms with Crippen molar-refractivity contribution in [2.45, 2.75) is 207 Å². The SMILES string of the molecule is CCCCCCCC/C=C\CCCCCCCC(=O)OCC(COP(=O)(OCC)OCCN(C)C)OC(=O)CCCCCCC/C=C\CCCCCCCC. The molecule has 0 amide bonds. The molecule has 0 rings (SSSR count). The maximum absolute atomic E-state index is 13.2. The maximum Gasteiger partial charge on any atom is 0.474 e. The quantitative estimate of drug-likeness (QED) is 0.0258. The summed E-state index contributed by atoms with van der Waals surface area (Å²) >= 11 is 0. The molecule has 10 heteroatoms. The molecule has 55 heavy (non-hydrogen) atoms. The van der Waals surface area contributed by atoms with E-state index in [2.05, 4.69) is 38.2 Å². The van der Waals surface area contributed by atoms with Crippen LogP contribution < -0.4 is 0 Å². The molecule has 0 aliphatic carbocycles. The first-order valence-electron chi connectivity index (χ1n) is 22.6. The van der Waals surface area contributed by atoms with E-state index < -0.39 is 13.9 Å². The Morgan fingerprint density at radius 3 is 1.38 bits per heavy atom. The first-order valence-corrected chi connectivity index (χ1v) is 24.1. The Morgan fingerprint density at radius 2 is 0.945 bits per heavy atom. The van der Waals surface area contributed by atoms with Crippen molar-refractivity contribution in [2.75, 3.05) is 47.1 Å². The average Bonchev–Trinajstić information content (AvgIpc) is 3.15. The molecule has 0 aromatic rings. The van der Waals surface area contributed by atoms with Crippen molar-refractivity contribution in [3.05, 3.63) is 24.3 Å². The minimum atomic E-state index is -3.89. The van der Waals surface area contributed by atoms with Crippen LogP contribution in [0.4, 0.5) is 0 Å². The Bertz CT molecular complexity index is 973. The molecule has 0 bridgehead atoms. The van der Waals surface area contributed by atoms with Crippen molar-refractivity contribution in [2.24, 2.45) is 0 Å². The third-order valence-corrected chi connectivity index (χ3v) is 11.0. The zero-order chi connectivity index (χ0) is 40.5. The lowest BCUT2D eigenvalue weighted by Gasteiger charge is -2.22. The molecule has 324 valence electrons. The summed E-state index contributed by atoms with van der Waals surface area (Å²) in [6.45, 7) is 6.58. The number of likely N-dealkylation sites (N-methyl/N-ethyl adjacent to an activating group) is 1. The number of rotatable bonds is 42. The molecule has 0 heterocycles. The van der Waals surface area contributed by atoms with Gasteiger partial charge in [-0.05, 0) is 85.2 Å². The molecule has 0 aliphatic heterocycles. The highest BCUT2D eigenvalue weighted by Crippen LogP contribution is 2.49. The van der Waals surface area contributed by atoms with E-state index in [1.165, 1.54) is 96.3 Å². The van der Waals surface area contributed by atoms with Gasteiger partial charge < -0.3 is 14.4 Å². The number of hydrogen-bond donors (Lipinski definition) is 0. The smallest absolute Gasteiger partial charge is 0.462 e. The molecule has 0 saturated carbocycles. The van der Waals surface area contributed by atoms with Gasteiger partial charge >= 0.3 is 19.8 Å². The summed E-state index contributed by atoms with van der Waals surface area (Å²) in [5.74, 6) is -0.731. The molecule has 9 nitrogen and oxygen atoms in total. The minimum absolute atomic E-state index is 0.129. The van der Waals surface area contributed by atoms with Crippen molar-refractivity contribution in [3.8, 4) is 0 Å². The monoisotopic (exact) mass is 800 g/mol. The van der Waals surface area contributed by atoms with Gasteiger partial charge in [-0.3, -0.25) is 23.2 Å². The Kier molecular flexibility index (Phi) is 39.6. The van der Waals surface area contributed by atoms with Crippen LogP contribution in [-0.2, 0) is 37.2 Å². The minimum Gasteiger partial charge on any atom is -0.462 e. The van der Waals surface area contributed by atoms with E-state index in [4.69, 9.17) is 23.0 Å². The van der Waals surface area contributed by atoms with Crippen molar-refractivity contribution in [3.63, 3.8) is 0 Å². The number of allylic oxidation sites excluding steroid dienone is 4. The second-order valence-corrected chi connectivity index (χ2v) is 16.9. The zero-order valence-electron chi connectivity index (χ0n) is 36.4. The van der Waals surface area contributed by atoms with Gasteiger partial charge in [0, 0.05) is 19.4 Å². The number of hydrogen-bond acceptors (Lipinski definition) is 9. The van der Waals surface area contributed by atoms with E-state index >= 15 is 0 Å². The number of nitrogens with zero attached hydrogens (tertiary/aromatic N) is 1. The average molecular weight is 800 g/mol. The molecular formula is C45H86NO8P. The van der Waals surface area contributed by atoms with Gasteiger partial charge in [0.2, 0.25) is 0 Å². The molecule has 0 radical (unpaired) electrons. The van der Waals surface area contributed by atoms with Crippen LogP contribution in [0.5, 0.6) is 0 Å². The lowest BCUT2D eigenvalue weighted by Crippen LogP contribution is -2.30. The fraction of sp³-hybridized carbons (Fsp3) is 0.867. The number of carbonyl (C=O) groups is 2. The summed E-state index contributed by atoms with van der Waals surface area (Å²) in [4.78, 5) is 27.3. The lowest BCUT2D eigenvalue weighted by molar-refractivity contribution is -0.161. The van der Waals surface area contributed by atoms with Crippen molar-refractivity contribution in [1.82, 2.24) is 4.90 Å². The summed E-state index contributed by atoms with van der Waals surface area (Å²) in [6.07, 6.45) is 39.8. The second-order valence-electron chi connectivity index (χ2n) is 15.3. The van der Waals surface area contributed by atoms with Crippen LogP contribution in [0.1, 0.15) is 201 Å². The summed E-state index contributed by atoms with van der Waals surface area (Å²) in [5, 5.41) is 0. The van der Waals surface area contributed by atoms with E-state index in [-0.39, 0.29) is 44.8 Å². The molecule has 0 fully saturated rings. The van der Waals surface area contributed by atoms with E-state index in [9.17, 15) is 14.2 Å². The number of ether oxygens (including phenoxy) is 2. The Labute approximate surface area is 339 Å². The first-order chi connectivity index (χ1) is 26.8. The van der Waals surface area contributed by atoms with E-state index in [1.54, 1.807) is 6.92 Å². The van der Waals surface area contributed by atoms with Gasteiger partial charge in [-0.2, -0.15) is 0 Å². The van der Waals surface area contributed by atoms with Gasteiger partial charge in [0.05, 0.1) is 19.8 Å². The van der Waals surface area contributed by atoms with E-state index in [0.29, 0.717) is 13.0 Å². The van der Waals surface area contributed by atoms with Crippen LogP contribution in [0, 0.1) is 0 Å². The fourth-order valence-electron chi connectivity index (χ4n) is 6.08. The Hall–Kier alpha value is -1.51. The van der Waals surface area contributed by atoms with Crippen LogP contribution in [-0.4, -0.2) is 70.0 Å². The molecule has 0 aromatic heterocycles. The molecule has 2 unspecified atom stereocenters. The van der Waals surface area contributed by atoms with Crippen LogP contribution in [0.3, 0.4) is 0 Å².